The molecule has 1 N–H and O–H groups in total. The fourth-order valence-corrected chi connectivity index (χ4v) is 3.44. The van der Waals surface area contributed by atoms with Crippen LogP contribution in [0.15, 0.2) is 0 Å². The van der Waals surface area contributed by atoms with Crippen LogP contribution >= 0.6 is 15.9 Å². The molecular weight excluding hydrogens is 208 g/mol. The van der Waals surface area contributed by atoms with Crippen molar-refractivity contribution in [1.29, 1.82) is 0 Å². The first-order valence-corrected chi connectivity index (χ1v) is 4.93. The third-order valence-electron chi connectivity index (χ3n) is 3.07. The summed E-state index contributed by atoms with van der Waals surface area (Å²) in [5.41, 5.74) is 0. The maximum Gasteiger partial charge on any atom is 0.136 e. The van der Waals surface area contributed by atoms with Crippen LogP contribution in [0, 0.1) is 17.8 Å². The van der Waals surface area contributed by atoms with Crippen LogP contribution in [0.1, 0.15) is 12.8 Å². The van der Waals surface area contributed by atoms with Gasteiger partial charge in [-0.15, -0.1) is 0 Å². The summed E-state index contributed by atoms with van der Waals surface area (Å²) in [7, 11) is 0. The van der Waals surface area contributed by atoms with Crippen LogP contribution in [-0.4, -0.2) is 22.3 Å². The number of fused-ring (bicyclic) bond motifs is 2. The average Bonchev–Trinajstić information content (AvgIpc) is 2.42. The van der Waals surface area contributed by atoms with Crippen molar-refractivity contribution >= 4 is 21.7 Å². The number of alkyl halides is 1. The highest BCUT2D eigenvalue weighted by molar-refractivity contribution is 9.09. The molecule has 0 aromatic carbocycles. The number of carbonyl (C=O) groups is 1. The summed E-state index contributed by atoms with van der Waals surface area (Å²) < 4.78 is 0. The molecule has 0 radical (unpaired) electrons. The minimum atomic E-state index is 0.161. The van der Waals surface area contributed by atoms with E-state index in [1.54, 1.807) is 0 Å². The van der Waals surface area contributed by atoms with Gasteiger partial charge in [-0.3, -0.25) is 4.79 Å². The topological polar surface area (TPSA) is 37.3 Å². The molecule has 4 unspecified atom stereocenters. The highest BCUT2D eigenvalue weighted by Crippen LogP contribution is 2.49. The largest absolute Gasteiger partial charge is 0.396 e. The van der Waals surface area contributed by atoms with E-state index in [0.29, 0.717) is 22.9 Å². The van der Waals surface area contributed by atoms with Gasteiger partial charge in [0.2, 0.25) is 0 Å². The van der Waals surface area contributed by atoms with Gasteiger partial charge in [0, 0.05) is 23.8 Å². The Labute approximate surface area is 74.1 Å². The van der Waals surface area contributed by atoms with E-state index in [1.165, 1.54) is 0 Å². The molecule has 0 heterocycles. The molecule has 62 valence electrons. The SMILES string of the molecule is O=C1CC2C(Br)CC1C2CO. The Bertz CT molecular complexity index is 193. The first-order valence-electron chi connectivity index (χ1n) is 4.01. The quantitative estimate of drug-likeness (QED) is 0.667. The monoisotopic (exact) mass is 218 g/mol. The van der Waals surface area contributed by atoms with Crippen LogP contribution in [0.4, 0.5) is 0 Å². The zero-order valence-electron chi connectivity index (χ0n) is 6.16. The summed E-state index contributed by atoms with van der Waals surface area (Å²) >= 11 is 3.54. The van der Waals surface area contributed by atoms with Crippen LogP contribution in [0.5, 0.6) is 0 Å². The van der Waals surface area contributed by atoms with Crippen molar-refractivity contribution in [3.8, 4) is 0 Å². The van der Waals surface area contributed by atoms with E-state index in [1.807, 2.05) is 0 Å². The van der Waals surface area contributed by atoms with Crippen molar-refractivity contribution in [1.82, 2.24) is 0 Å². The Kier molecular flexibility index (Phi) is 1.80. The number of carbonyl (C=O) groups excluding carboxylic acids is 1. The first kappa shape index (κ1) is 7.74. The minimum Gasteiger partial charge on any atom is -0.396 e. The van der Waals surface area contributed by atoms with E-state index in [4.69, 9.17) is 5.11 Å². The number of hydrogen-bond donors (Lipinski definition) is 1. The van der Waals surface area contributed by atoms with Gasteiger partial charge in [-0.25, -0.2) is 0 Å². The number of aliphatic hydroxyl groups is 1. The van der Waals surface area contributed by atoms with Gasteiger partial charge in [0.25, 0.3) is 0 Å². The number of hydrogen-bond acceptors (Lipinski definition) is 2. The summed E-state index contributed by atoms with van der Waals surface area (Å²) in [6.07, 6.45) is 1.63. The Morgan fingerprint density at radius 3 is 2.73 bits per heavy atom. The van der Waals surface area contributed by atoms with Crippen LogP contribution in [0.25, 0.3) is 0 Å². The summed E-state index contributed by atoms with van der Waals surface area (Å²) in [4.78, 5) is 11.7. The fourth-order valence-electron chi connectivity index (χ4n) is 2.45. The van der Waals surface area contributed by atoms with E-state index in [0.717, 1.165) is 6.42 Å². The third kappa shape index (κ3) is 0.975. The molecule has 2 rings (SSSR count). The number of ketones is 1. The molecule has 2 bridgehead atoms. The predicted octanol–water partition coefficient (Wildman–Crippen LogP) is 0.967. The average molecular weight is 219 g/mol. The van der Waals surface area contributed by atoms with E-state index >= 15 is 0 Å². The summed E-state index contributed by atoms with van der Waals surface area (Å²) in [5, 5.41) is 9.01. The molecule has 3 heteroatoms. The molecular formula is C8H11BrO2. The molecule has 0 spiro atoms. The second-order valence-electron chi connectivity index (χ2n) is 3.54. The molecule has 11 heavy (non-hydrogen) atoms. The molecule has 2 nitrogen and oxygen atoms in total. The van der Waals surface area contributed by atoms with Crippen LogP contribution in [-0.2, 0) is 4.79 Å². The van der Waals surface area contributed by atoms with Gasteiger partial charge in [0.05, 0.1) is 0 Å². The van der Waals surface area contributed by atoms with E-state index in [9.17, 15) is 4.79 Å². The first-order chi connectivity index (χ1) is 5.24. The van der Waals surface area contributed by atoms with Crippen LogP contribution in [0.2, 0.25) is 0 Å². The van der Waals surface area contributed by atoms with E-state index in [-0.39, 0.29) is 18.4 Å². The minimum absolute atomic E-state index is 0.161. The lowest BCUT2D eigenvalue weighted by atomic mass is 9.99. The molecule has 0 saturated heterocycles. The summed E-state index contributed by atoms with van der Waals surface area (Å²) in [6, 6.07) is 0. The lowest BCUT2D eigenvalue weighted by Crippen LogP contribution is -2.16. The van der Waals surface area contributed by atoms with Crippen molar-refractivity contribution in [2.45, 2.75) is 17.7 Å². The Balaban J connectivity index is 2.20. The molecule has 0 aromatic heterocycles. The van der Waals surface area contributed by atoms with E-state index < -0.39 is 0 Å². The molecule has 2 saturated carbocycles. The van der Waals surface area contributed by atoms with Crippen LogP contribution < -0.4 is 0 Å². The lowest BCUT2D eigenvalue weighted by Gasteiger charge is -2.13. The van der Waals surface area contributed by atoms with Gasteiger partial charge in [0.1, 0.15) is 5.78 Å². The van der Waals surface area contributed by atoms with Crippen molar-refractivity contribution in [2.75, 3.05) is 6.61 Å². The molecule has 2 aliphatic carbocycles. The van der Waals surface area contributed by atoms with Crippen molar-refractivity contribution < 1.29 is 9.90 Å². The van der Waals surface area contributed by atoms with Gasteiger partial charge in [-0.2, -0.15) is 0 Å². The summed E-state index contributed by atoms with van der Waals surface area (Å²) in [5.74, 6) is 1.20. The number of rotatable bonds is 1. The van der Waals surface area contributed by atoms with Crippen molar-refractivity contribution in [3.63, 3.8) is 0 Å². The highest BCUT2D eigenvalue weighted by Gasteiger charge is 2.51. The van der Waals surface area contributed by atoms with Crippen molar-refractivity contribution in [2.24, 2.45) is 17.8 Å². The number of halogens is 1. The van der Waals surface area contributed by atoms with Gasteiger partial charge < -0.3 is 5.11 Å². The highest BCUT2D eigenvalue weighted by atomic mass is 79.9. The van der Waals surface area contributed by atoms with Gasteiger partial charge in [-0.05, 0) is 18.3 Å². The summed E-state index contributed by atoms with van der Waals surface area (Å²) in [6.45, 7) is 0.184. The zero-order chi connectivity index (χ0) is 8.01. The zero-order valence-corrected chi connectivity index (χ0v) is 7.75. The van der Waals surface area contributed by atoms with Gasteiger partial charge in [0.15, 0.2) is 0 Å². The molecule has 2 fully saturated rings. The smallest absolute Gasteiger partial charge is 0.136 e. The van der Waals surface area contributed by atoms with Crippen molar-refractivity contribution in [3.05, 3.63) is 0 Å². The number of aliphatic hydroxyl groups excluding tert-OH is 1. The standard InChI is InChI=1S/C8H11BrO2/c9-7-1-5-6(3-10)4(7)2-8(5)11/h4-7,10H,1-3H2. The molecule has 0 aliphatic heterocycles. The normalized spacial score (nSPS) is 48.7. The Hall–Kier alpha value is 0.110. The Morgan fingerprint density at radius 2 is 2.36 bits per heavy atom. The molecule has 2 aliphatic rings. The second-order valence-corrected chi connectivity index (χ2v) is 4.72. The predicted molar refractivity (Wildman–Crippen MR) is 44.5 cm³/mol. The fraction of sp³-hybridized carbons (Fsp3) is 0.875. The second kappa shape index (κ2) is 2.56. The lowest BCUT2D eigenvalue weighted by molar-refractivity contribution is -0.122. The maximum absolute atomic E-state index is 11.2. The van der Waals surface area contributed by atoms with E-state index in [2.05, 4.69) is 15.9 Å². The Morgan fingerprint density at radius 1 is 1.64 bits per heavy atom. The molecule has 0 amide bonds. The number of Topliss-reactive ketones (excluding diaryl/α,β-unsaturated/α-hetero) is 1. The van der Waals surface area contributed by atoms with Gasteiger partial charge >= 0.3 is 0 Å². The molecule has 4 atom stereocenters. The maximum atomic E-state index is 11.2. The molecule has 0 aromatic rings. The van der Waals surface area contributed by atoms with Crippen LogP contribution in [0.3, 0.4) is 0 Å². The van der Waals surface area contributed by atoms with Gasteiger partial charge in [-0.1, -0.05) is 15.9 Å². The third-order valence-corrected chi connectivity index (χ3v) is 4.12.